The van der Waals surface area contributed by atoms with Crippen molar-refractivity contribution in [3.8, 4) is 56.3 Å². The van der Waals surface area contributed by atoms with E-state index >= 15 is 0 Å². The second kappa shape index (κ2) is 14.1. The van der Waals surface area contributed by atoms with E-state index in [1.165, 1.54) is 0 Å². The van der Waals surface area contributed by atoms with Gasteiger partial charge >= 0.3 is 0 Å². The molecule has 0 saturated heterocycles. The minimum atomic E-state index is 0.457. The van der Waals surface area contributed by atoms with E-state index in [0.717, 1.165) is 50.2 Å². The van der Waals surface area contributed by atoms with E-state index in [1.807, 2.05) is 103 Å². The molecule has 236 valence electrons. The minimum Gasteiger partial charge on any atom is -0.253 e. The maximum Gasteiger partial charge on any atom is 0.183 e. The molecule has 0 aliphatic carbocycles. The molecule has 50 heavy (non-hydrogen) atoms. The second-order valence-corrected chi connectivity index (χ2v) is 11.8. The van der Waals surface area contributed by atoms with E-state index in [0.29, 0.717) is 28.9 Å². The number of hydrogen-bond acceptors (Lipinski definition) is 5. The van der Waals surface area contributed by atoms with Gasteiger partial charge in [-0.1, -0.05) is 140 Å². The van der Waals surface area contributed by atoms with Gasteiger partial charge in [0.2, 0.25) is 0 Å². The van der Waals surface area contributed by atoms with Crippen LogP contribution in [-0.4, -0.2) is 25.6 Å². The summed E-state index contributed by atoms with van der Waals surface area (Å²) in [5.41, 5.74) is 10.3. The van der Waals surface area contributed by atoms with Crippen molar-refractivity contribution in [2.75, 3.05) is 0 Å². The Morgan fingerprint density at radius 1 is 0.380 bits per heavy atom. The summed E-state index contributed by atoms with van der Waals surface area (Å²) in [6, 6.07) is 61.5. The summed E-state index contributed by atoms with van der Waals surface area (Å²) in [5.74, 6) is 1.45. The fourth-order valence-electron chi connectivity index (χ4n) is 5.91. The lowest BCUT2D eigenvalue weighted by Crippen LogP contribution is -2.12. The monoisotopic (exact) mass is 641 g/mol. The lowest BCUT2D eigenvalue weighted by Gasteiger charge is -2.13. The van der Waals surface area contributed by atoms with Crippen LogP contribution in [0.4, 0.5) is 5.69 Å². The summed E-state index contributed by atoms with van der Waals surface area (Å²) in [7, 11) is 0. The summed E-state index contributed by atoms with van der Waals surface area (Å²) < 4.78 is 0. The van der Waals surface area contributed by atoms with Crippen LogP contribution in [0.15, 0.2) is 193 Å². The molecule has 0 aliphatic rings. The fourth-order valence-corrected chi connectivity index (χ4v) is 5.91. The van der Waals surface area contributed by atoms with Gasteiger partial charge in [0.05, 0.1) is 5.69 Å². The van der Waals surface area contributed by atoms with Gasteiger partial charge in [-0.25, -0.2) is 19.9 Å². The number of nitrogens with zero attached hydrogens (tertiary/aromatic N) is 5. The molecule has 8 aromatic rings. The lowest BCUT2D eigenvalue weighted by atomic mass is 9.96. The number of hydrogen-bond donors (Lipinski definition) is 0. The van der Waals surface area contributed by atoms with Gasteiger partial charge < -0.3 is 0 Å². The van der Waals surface area contributed by atoms with E-state index < -0.39 is 0 Å². The lowest BCUT2D eigenvalue weighted by molar-refractivity contribution is 1.03. The van der Waals surface area contributed by atoms with Crippen molar-refractivity contribution in [2.24, 2.45) is 4.99 Å². The first-order valence-corrected chi connectivity index (χ1v) is 16.5. The topological polar surface area (TPSA) is 63.9 Å². The third-order valence-corrected chi connectivity index (χ3v) is 8.39. The Bertz CT molecular complexity index is 2340. The van der Waals surface area contributed by atoms with Gasteiger partial charge in [-0.05, 0) is 75.8 Å². The normalized spacial score (nSPS) is 11.3. The second-order valence-electron chi connectivity index (χ2n) is 11.8. The summed E-state index contributed by atoms with van der Waals surface area (Å²) in [6.45, 7) is 0. The number of aromatic nitrogens is 4. The Hall–Kier alpha value is -6.85. The third-order valence-electron chi connectivity index (χ3n) is 8.39. The van der Waals surface area contributed by atoms with Crippen LogP contribution in [0.5, 0.6) is 0 Å². The van der Waals surface area contributed by atoms with Crippen LogP contribution in [0.3, 0.4) is 0 Å². The maximum absolute atomic E-state index is 5.17. The molecule has 5 nitrogen and oxygen atoms in total. The first-order valence-electron chi connectivity index (χ1n) is 16.5. The highest BCUT2D eigenvalue weighted by Gasteiger charge is 2.19. The van der Waals surface area contributed by atoms with E-state index in [1.54, 1.807) is 6.20 Å². The molecule has 2 aromatic heterocycles. The van der Waals surface area contributed by atoms with Crippen LogP contribution >= 0.6 is 0 Å². The van der Waals surface area contributed by atoms with Crippen molar-refractivity contribution in [1.82, 2.24) is 19.9 Å². The summed E-state index contributed by atoms with van der Waals surface area (Å²) >= 11 is 0. The van der Waals surface area contributed by atoms with Crippen molar-refractivity contribution < 1.29 is 0 Å². The molecular weight excluding hydrogens is 611 g/mol. The number of rotatable bonds is 8. The number of benzene rings is 6. The molecule has 5 heteroatoms. The largest absolute Gasteiger partial charge is 0.253 e. The predicted molar refractivity (Wildman–Crippen MR) is 203 cm³/mol. The van der Waals surface area contributed by atoms with Crippen molar-refractivity contribution in [3.05, 3.63) is 200 Å². The number of pyridine rings is 1. The Kier molecular flexibility index (Phi) is 8.60. The third kappa shape index (κ3) is 6.75. The number of para-hydroxylation sites is 1. The molecule has 0 atom stereocenters. The van der Waals surface area contributed by atoms with Gasteiger partial charge in [-0.3, -0.25) is 4.98 Å². The van der Waals surface area contributed by atoms with Crippen molar-refractivity contribution >= 4 is 11.4 Å². The highest BCUT2D eigenvalue weighted by atomic mass is 15.1. The molecule has 0 bridgehead atoms. The highest BCUT2D eigenvalue weighted by molar-refractivity contribution is 6.12. The van der Waals surface area contributed by atoms with Crippen molar-refractivity contribution in [1.29, 1.82) is 0 Å². The SMILES string of the molecule is c1ccc(/N=C(\c2ccccc2)c2nc(-c3cc(-c4ccccc4)cc(-c4ccccc4)c3)nc(-c3cc(-c4ccccc4)ccn3)n2)cc1. The Balaban J connectivity index is 1.37. The van der Waals surface area contributed by atoms with Crippen LogP contribution in [-0.2, 0) is 0 Å². The molecule has 0 spiro atoms. The summed E-state index contributed by atoms with van der Waals surface area (Å²) in [6.07, 6.45) is 1.81. The molecule has 0 unspecified atom stereocenters. The molecular formula is C45H31N5. The Labute approximate surface area is 291 Å². The van der Waals surface area contributed by atoms with Crippen LogP contribution in [0, 0.1) is 0 Å². The van der Waals surface area contributed by atoms with E-state index in [2.05, 4.69) is 78.9 Å². The Morgan fingerprint density at radius 2 is 0.860 bits per heavy atom. The highest BCUT2D eigenvalue weighted by Crippen LogP contribution is 2.33. The van der Waals surface area contributed by atoms with Crippen molar-refractivity contribution in [3.63, 3.8) is 0 Å². The van der Waals surface area contributed by atoms with E-state index in [9.17, 15) is 0 Å². The zero-order valence-corrected chi connectivity index (χ0v) is 27.1. The molecule has 2 heterocycles. The van der Waals surface area contributed by atoms with E-state index in [4.69, 9.17) is 24.9 Å². The fraction of sp³-hybridized carbons (Fsp3) is 0. The zero-order chi connectivity index (χ0) is 33.5. The van der Waals surface area contributed by atoms with Gasteiger partial charge in [0.25, 0.3) is 0 Å². The Morgan fingerprint density at radius 3 is 1.44 bits per heavy atom. The predicted octanol–water partition coefficient (Wildman–Crippen LogP) is 10.8. The van der Waals surface area contributed by atoms with Crippen LogP contribution < -0.4 is 0 Å². The maximum atomic E-state index is 5.17. The molecule has 0 amide bonds. The quantitative estimate of drug-likeness (QED) is 0.155. The van der Waals surface area contributed by atoms with Crippen LogP contribution in [0.25, 0.3) is 56.3 Å². The van der Waals surface area contributed by atoms with Gasteiger partial charge in [-0.15, -0.1) is 0 Å². The molecule has 0 fully saturated rings. The molecule has 0 radical (unpaired) electrons. The first kappa shape index (κ1) is 30.5. The first-order chi connectivity index (χ1) is 24.8. The smallest absolute Gasteiger partial charge is 0.183 e. The molecule has 0 N–H and O–H groups in total. The van der Waals surface area contributed by atoms with E-state index in [-0.39, 0.29) is 0 Å². The minimum absolute atomic E-state index is 0.457. The van der Waals surface area contributed by atoms with Crippen LogP contribution in [0.1, 0.15) is 11.4 Å². The average molecular weight is 642 g/mol. The van der Waals surface area contributed by atoms with Gasteiger partial charge in [0.1, 0.15) is 11.4 Å². The number of aliphatic imine (C=N–C) groups is 1. The van der Waals surface area contributed by atoms with Crippen molar-refractivity contribution in [2.45, 2.75) is 0 Å². The summed E-state index contributed by atoms with van der Waals surface area (Å²) in [5, 5.41) is 0. The molecule has 0 aliphatic heterocycles. The molecule has 6 aromatic carbocycles. The van der Waals surface area contributed by atoms with Gasteiger partial charge in [0, 0.05) is 17.3 Å². The molecule has 0 saturated carbocycles. The molecule has 8 rings (SSSR count). The van der Waals surface area contributed by atoms with Gasteiger partial charge in [0.15, 0.2) is 17.5 Å². The standard InChI is InChI=1S/C45H31N5/c1-6-16-32(17-7-1)36-26-27-46-41(31-36)44-48-43(49-45(50-44)42(35-22-12-4-13-23-35)47-40-24-14-5-15-25-40)39-29-37(33-18-8-2-9-19-33)28-38(30-39)34-20-10-3-11-21-34/h1-31H/b47-42+. The average Bonchev–Trinajstić information content (AvgIpc) is 3.21. The zero-order valence-electron chi connectivity index (χ0n) is 27.1. The van der Waals surface area contributed by atoms with Crippen LogP contribution in [0.2, 0.25) is 0 Å². The summed E-state index contributed by atoms with van der Waals surface area (Å²) in [4.78, 5) is 25.2. The van der Waals surface area contributed by atoms with Gasteiger partial charge in [-0.2, -0.15) is 0 Å².